The lowest BCUT2D eigenvalue weighted by molar-refractivity contribution is -0.139. The van der Waals surface area contributed by atoms with E-state index in [2.05, 4.69) is 31.5 Å². The molecule has 0 bridgehead atoms. The van der Waals surface area contributed by atoms with E-state index in [0.717, 1.165) is 63.1 Å². The van der Waals surface area contributed by atoms with Crippen LogP contribution in [0.15, 0.2) is 35.3 Å². The van der Waals surface area contributed by atoms with Gasteiger partial charge < -0.3 is 20.2 Å². The van der Waals surface area contributed by atoms with Gasteiger partial charge in [0.15, 0.2) is 0 Å². The lowest BCUT2D eigenvalue weighted by atomic mass is 9.90. The van der Waals surface area contributed by atoms with Crippen molar-refractivity contribution in [1.29, 1.82) is 5.26 Å². The molecule has 11 nitrogen and oxygen atoms in total. The number of hydrogen-bond donors (Lipinski definition) is 3. The lowest BCUT2D eigenvalue weighted by Gasteiger charge is -2.34. The van der Waals surface area contributed by atoms with Gasteiger partial charge in [0.25, 0.3) is 5.56 Å². The Hall–Kier alpha value is -4.20. The second-order valence-electron chi connectivity index (χ2n) is 10.4. The molecule has 2 aliphatic heterocycles. The number of fused-ring (bicyclic) bond motifs is 1. The van der Waals surface area contributed by atoms with E-state index in [-0.39, 0.29) is 22.8 Å². The highest BCUT2D eigenvalue weighted by Crippen LogP contribution is 2.59. The molecule has 1 aliphatic carbocycles. The molecular formula is C26H28N8O3. The van der Waals surface area contributed by atoms with Crippen molar-refractivity contribution in [3.63, 3.8) is 0 Å². The SMILES string of the molecule is N#CC1CCCN(c2nc(Nc3ccc(N4CCC5(CC4)CC5C(=O)O)cc3)c3c(=O)[nH]ncc3n2)C1. The van der Waals surface area contributed by atoms with E-state index >= 15 is 0 Å². The molecule has 3 aliphatic rings. The van der Waals surface area contributed by atoms with Crippen LogP contribution in [0.4, 0.5) is 23.1 Å². The molecule has 190 valence electrons. The van der Waals surface area contributed by atoms with Crippen LogP contribution in [0.3, 0.4) is 0 Å². The summed E-state index contributed by atoms with van der Waals surface area (Å²) in [5.74, 6) is -0.0503. The number of anilines is 4. The largest absolute Gasteiger partial charge is 0.481 e. The van der Waals surface area contributed by atoms with Crippen LogP contribution in [0.2, 0.25) is 0 Å². The van der Waals surface area contributed by atoms with Gasteiger partial charge in [0.1, 0.15) is 16.7 Å². The zero-order valence-corrected chi connectivity index (χ0v) is 20.4. The molecular weight excluding hydrogens is 472 g/mol. The number of carboxylic acid groups (broad SMARTS) is 1. The van der Waals surface area contributed by atoms with Gasteiger partial charge in [-0.25, -0.2) is 10.1 Å². The molecule has 37 heavy (non-hydrogen) atoms. The third-order valence-corrected chi connectivity index (χ3v) is 8.13. The fourth-order valence-corrected chi connectivity index (χ4v) is 5.84. The van der Waals surface area contributed by atoms with Gasteiger partial charge in [-0.2, -0.15) is 15.3 Å². The Morgan fingerprint density at radius 3 is 2.65 bits per heavy atom. The number of piperidine rings is 2. The van der Waals surface area contributed by atoms with E-state index in [1.165, 1.54) is 6.20 Å². The summed E-state index contributed by atoms with van der Waals surface area (Å²) in [5.41, 5.74) is 1.92. The molecule has 3 fully saturated rings. The minimum Gasteiger partial charge on any atom is -0.481 e. The summed E-state index contributed by atoms with van der Waals surface area (Å²) < 4.78 is 0. The smallest absolute Gasteiger partial charge is 0.307 e. The second kappa shape index (κ2) is 9.03. The van der Waals surface area contributed by atoms with Crippen molar-refractivity contribution in [1.82, 2.24) is 20.2 Å². The van der Waals surface area contributed by atoms with Gasteiger partial charge in [-0.05, 0) is 61.8 Å². The summed E-state index contributed by atoms with van der Waals surface area (Å²) in [5, 5.41) is 28.7. The van der Waals surface area contributed by atoms with Crippen LogP contribution in [0.5, 0.6) is 0 Å². The average molecular weight is 501 g/mol. The number of nitriles is 1. The van der Waals surface area contributed by atoms with Crippen LogP contribution in [0.25, 0.3) is 10.9 Å². The summed E-state index contributed by atoms with van der Waals surface area (Å²) in [6.45, 7) is 2.99. The standard InChI is InChI=1S/C26H28N8O3/c27-13-16-2-1-9-34(15-16)25-30-20-14-28-32-23(35)21(20)22(31-25)29-17-3-5-18(6-4-17)33-10-7-26(8-11-33)12-19(26)24(36)37/h3-6,14,16,19H,1-2,7-12,15H2,(H,32,35)(H,36,37)(H,29,30,31). The van der Waals surface area contributed by atoms with Gasteiger partial charge >= 0.3 is 5.97 Å². The van der Waals surface area contributed by atoms with Gasteiger partial charge in [0.2, 0.25) is 5.95 Å². The van der Waals surface area contributed by atoms with Gasteiger partial charge in [-0.1, -0.05) is 0 Å². The third-order valence-electron chi connectivity index (χ3n) is 8.13. The molecule has 2 aromatic heterocycles. The molecule has 0 amide bonds. The van der Waals surface area contributed by atoms with Crippen LogP contribution in [-0.4, -0.2) is 57.4 Å². The first-order chi connectivity index (χ1) is 18.0. The minimum atomic E-state index is -0.663. The van der Waals surface area contributed by atoms with Crippen LogP contribution in [-0.2, 0) is 4.79 Å². The molecule has 1 saturated carbocycles. The number of aromatic nitrogens is 4. The highest BCUT2D eigenvalue weighted by Gasteiger charge is 2.58. The Morgan fingerprint density at radius 2 is 1.95 bits per heavy atom. The van der Waals surface area contributed by atoms with Gasteiger partial charge in [0, 0.05) is 37.6 Å². The van der Waals surface area contributed by atoms with E-state index in [4.69, 9.17) is 4.98 Å². The number of H-pyrrole nitrogens is 1. The van der Waals surface area contributed by atoms with E-state index in [1.54, 1.807) is 0 Å². The maximum atomic E-state index is 12.6. The summed E-state index contributed by atoms with van der Waals surface area (Å²) in [6, 6.07) is 10.3. The number of carboxylic acids is 1. The molecule has 0 radical (unpaired) electrons. The van der Waals surface area contributed by atoms with Crippen LogP contribution in [0, 0.1) is 28.6 Å². The monoisotopic (exact) mass is 500 g/mol. The van der Waals surface area contributed by atoms with Crippen LogP contribution in [0.1, 0.15) is 32.1 Å². The van der Waals surface area contributed by atoms with Crippen LogP contribution < -0.4 is 20.7 Å². The predicted molar refractivity (Wildman–Crippen MR) is 138 cm³/mol. The quantitative estimate of drug-likeness (QED) is 0.477. The number of aromatic amines is 1. The average Bonchev–Trinajstić information content (AvgIpc) is 3.63. The Labute approximate surface area is 213 Å². The second-order valence-corrected chi connectivity index (χ2v) is 10.4. The number of hydrogen-bond acceptors (Lipinski definition) is 9. The Bertz CT molecular complexity index is 1440. The van der Waals surface area contributed by atoms with Crippen molar-refractivity contribution < 1.29 is 9.90 Å². The predicted octanol–water partition coefficient (Wildman–Crippen LogP) is 2.89. The molecule has 3 aromatic rings. The van der Waals surface area contributed by atoms with Crippen molar-refractivity contribution in [2.75, 3.05) is 41.3 Å². The van der Waals surface area contributed by atoms with Gasteiger partial charge in [-0.3, -0.25) is 9.59 Å². The zero-order chi connectivity index (χ0) is 25.6. The van der Waals surface area contributed by atoms with Gasteiger partial charge in [-0.15, -0.1) is 0 Å². The molecule has 2 atom stereocenters. The first-order valence-corrected chi connectivity index (χ1v) is 12.7. The van der Waals surface area contributed by atoms with Crippen molar-refractivity contribution >= 4 is 40.0 Å². The van der Waals surface area contributed by atoms with E-state index in [9.17, 15) is 20.0 Å². The summed E-state index contributed by atoms with van der Waals surface area (Å²) in [7, 11) is 0. The summed E-state index contributed by atoms with van der Waals surface area (Å²) in [4.78, 5) is 37.5. The summed E-state index contributed by atoms with van der Waals surface area (Å²) in [6.07, 6.45) is 5.86. The number of benzene rings is 1. The highest BCUT2D eigenvalue weighted by molar-refractivity contribution is 5.90. The molecule has 4 heterocycles. The first-order valence-electron chi connectivity index (χ1n) is 12.7. The zero-order valence-electron chi connectivity index (χ0n) is 20.4. The fraction of sp³-hybridized carbons (Fsp3) is 0.462. The Kier molecular flexibility index (Phi) is 5.67. The number of nitrogens with one attached hydrogen (secondary N) is 2. The molecule has 2 saturated heterocycles. The first kappa shape index (κ1) is 23.2. The number of aliphatic carboxylic acids is 1. The van der Waals surface area contributed by atoms with Crippen molar-refractivity contribution in [3.8, 4) is 6.07 Å². The van der Waals surface area contributed by atoms with E-state index in [1.807, 2.05) is 29.2 Å². The minimum absolute atomic E-state index is 0.000859. The molecule has 6 rings (SSSR count). The maximum Gasteiger partial charge on any atom is 0.307 e. The highest BCUT2D eigenvalue weighted by atomic mass is 16.4. The van der Waals surface area contributed by atoms with Crippen LogP contribution >= 0.6 is 0 Å². The molecule has 2 unspecified atom stereocenters. The number of carbonyl (C=O) groups is 1. The van der Waals surface area contributed by atoms with E-state index < -0.39 is 5.97 Å². The molecule has 1 spiro atoms. The lowest BCUT2D eigenvalue weighted by Crippen LogP contribution is -2.36. The van der Waals surface area contributed by atoms with Crippen molar-refractivity contribution in [2.45, 2.75) is 32.1 Å². The molecule has 1 aromatic carbocycles. The molecule has 11 heteroatoms. The van der Waals surface area contributed by atoms with E-state index in [0.29, 0.717) is 29.2 Å². The van der Waals surface area contributed by atoms with Gasteiger partial charge in [0.05, 0.1) is 24.1 Å². The number of nitrogens with zero attached hydrogens (tertiary/aromatic N) is 6. The molecule has 3 N–H and O–H groups in total. The maximum absolute atomic E-state index is 12.6. The number of rotatable bonds is 5. The van der Waals surface area contributed by atoms with Crippen molar-refractivity contribution in [2.24, 2.45) is 17.3 Å². The van der Waals surface area contributed by atoms with Crippen molar-refractivity contribution in [3.05, 3.63) is 40.8 Å². The topological polar surface area (TPSA) is 151 Å². The fourth-order valence-electron chi connectivity index (χ4n) is 5.84. The Morgan fingerprint density at radius 1 is 1.16 bits per heavy atom. The third kappa shape index (κ3) is 4.33. The Balaban J connectivity index is 1.22. The normalized spacial score (nSPS) is 22.6. The summed E-state index contributed by atoms with van der Waals surface area (Å²) >= 11 is 0.